The second-order valence-electron chi connectivity index (χ2n) is 6.78. The number of hydrogen-bond donors (Lipinski definition) is 2. The predicted octanol–water partition coefficient (Wildman–Crippen LogP) is 3.63. The number of carbonyl (C=O) groups excluding carboxylic acids is 1. The zero-order valence-corrected chi connectivity index (χ0v) is 18.0. The number of ether oxygens (including phenoxy) is 2. The van der Waals surface area contributed by atoms with E-state index >= 15 is 0 Å². The number of anilines is 1. The van der Waals surface area contributed by atoms with E-state index in [9.17, 15) is 9.59 Å². The van der Waals surface area contributed by atoms with Crippen molar-refractivity contribution in [3.05, 3.63) is 44.8 Å². The molecule has 3 heterocycles. The lowest BCUT2D eigenvalue weighted by atomic mass is 10.2. The smallest absolute Gasteiger partial charge is 0.259 e. The molecule has 1 aliphatic rings. The largest absolute Gasteiger partial charge is 0.486 e. The van der Waals surface area contributed by atoms with Crippen LogP contribution < -0.4 is 20.3 Å². The number of nitrogens with zero attached hydrogens (tertiary/aromatic N) is 1. The highest BCUT2D eigenvalue weighted by Crippen LogP contribution is 2.33. The number of H-pyrrole nitrogens is 1. The second kappa shape index (κ2) is 8.08. The van der Waals surface area contributed by atoms with E-state index in [1.807, 2.05) is 20.8 Å². The third kappa shape index (κ3) is 4.11. The Hall–Kier alpha value is -2.52. The van der Waals surface area contributed by atoms with Crippen LogP contribution in [0.4, 0.5) is 5.69 Å². The van der Waals surface area contributed by atoms with E-state index in [1.165, 1.54) is 23.1 Å². The normalized spacial score (nSPS) is 14.0. The Kier molecular flexibility index (Phi) is 5.51. The van der Waals surface area contributed by atoms with Crippen LogP contribution in [-0.2, 0) is 10.5 Å². The number of fused-ring (bicyclic) bond motifs is 2. The van der Waals surface area contributed by atoms with Gasteiger partial charge in [0, 0.05) is 16.6 Å². The third-order valence-electron chi connectivity index (χ3n) is 4.74. The standard InChI is InChI=1S/C20H21N3O4S2/c1-10-11(2)29-20-17(10)19(25)22-16(23-20)9-28-12(3)18(24)21-13-4-5-14-15(8-13)27-7-6-26-14/h4-5,8,12H,6-7,9H2,1-3H3,(H,21,24)(H,22,23,25). The molecule has 0 saturated heterocycles. The van der Waals surface area contributed by atoms with Gasteiger partial charge in [0.25, 0.3) is 5.56 Å². The van der Waals surface area contributed by atoms with Crippen molar-refractivity contribution in [1.29, 1.82) is 0 Å². The molecular formula is C20H21N3O4S2. The summed E-state index contributed by atoms with van der Waals surface area (Å²) in [5, 5.41) is 3.23. The summed E-state index contributed by atoms with van der Waals surface area (Å²) < 4.78 is 11.0. The minimum atomic E-state index is -0.323. The number of carbonyl (C=O) groups is 1. The maximum atomic E-state index is 12.5. The molecule has 0 fully saturated rings. The molecule has 1 amide bonds. The van der Waals surface area contributed by atoms with E-state index in [0.29, 0.717) is 47.4 Å². The summed E-state index contributed by atoms with van der Waals surface area (Å²) in [6.07, 6.45) is 0. The molecule has 0 spiro atoms. The lowest BCUT2D eigenvalue weighted by molar-refractivity contribution is -0.115. The van der Waals surface area contributed by atoms with Crippen LogP contribution in [0.1, 0.15) is 23.2 Å². The van der Waals surface area contributed by atoms with E-state index in [2.05, 4.69) is 15.3 Å². The fourth-order valence-electron chi connectivity index (χ4n) is 3.01. The Morgan fingerprint density at radius 3 is 2.86 bits per heavy atom. The highest BCUT2D eigenvalue weighted by Gasteiger charge is 2.18. The summed E-state index contributed by atoms with van der Waals surface area (Å²) in [5.41, 5.74) is 1.51. The van der Waals surface area contributed by atoms with Gasteiger partial charge in [-0.05, 0) is 38.5 Å². The summed E-state index contributed by atoms with van der Waals surface area (Å²) in [6, 6.07) is 5.34. The van der Waals surface area contributed by atoms with Crippen molar-refractivity contribution in [3.63, 3.8) is 0 Å². The van der Waals surface area contributed by atoms with Gasteiger partial charge in [-0.3, -0.25) is 9.59 Å². The third-order valence-corrected chi connectivity index (χ3v) is 6.99. The molecule has 152 valence electrons. The Morgan fingerprint density at radius 1 is 1.31 bits per heavy atom. The van der Waals surface area contributed by atoms with Crippen molar-refractivity contribution >= 4 is 44.9 Å². The Bertz CT molecular complexity index is 1140. The first-order valence-corrected chi connectivity index (χ1v) is 11.1. The Balaban J connectivity index is 1.40. The number of thiophene rings is 1. The molecule has 4 rings (SSSR count). The number of rotatable bonds is 5. The molecule has 0 aliphatic carbocycles. The second-order valence-corrected chi connectivity index (χ2v) is 9.31. The maximum Gasteiger partial charge on any atom is 0.259 e. The van der Waals surface area contributed by atoms with Gasteiger partial charge in [0.1, 0.15) is 23.9 Å². The lowest BCUT2D eigenvalue weighted by Gasteiger charge is -2.19. The lowest BCUT2D eigenvalue weighted by Crippen LogP contribution is -2.23. The van der Waals surface area contributed by atoms with Crippen LogP contribution in [0.2, 0.25) is 0 Å². The van der Waals surface area contributed by atoms with E-state index in [1.54, 1.807) is 18.2 Å². The van der Waals surface area contributed by atoms with Crippen LogP contribution in [0.5, 0.6) is 11.5 Å². The van der Waals surface area contributed by atoms with Gasteiger partial charge in [0.05, 0.1) is 16.4 Å². The van der Waals surface area contributed by atoms with Crippen LogP contribution in [0.15, 0.2) is 23.0 Å². The van der Waals surface area contributed by atoms with Crippen molar-refractivity contribution in [1.82, 2.24) is 9.97 Å². The van der Waals surface area contributed by atoms with Crippen molar-refractivity contribution < 1.29 is 14.3 Å². The van der Waals surface area contributed by atoms with E-state index in [4.69, 9.17) is 9.47 Å². The molecule has 0 bridgehead atoms. The van der Waals surface area contributed by atoms with Gasteiger partial charge < -0.3 is 19.8 Å². The van der Waals surface area contributed by atoms with Gasteiger partial charge in [0.2, 0.25) is 5.91 Å². The Morgan fingerprint density at radius 2 is 2.07 bits per heavy atom. The summed E-state index contributed by atoms with van der Waals surface area (Å²) in [6.45, 7) is 6.77. The van der Waals surface area contributed by atoms with Crippen LogP contribution in [-0.4, -0.2) is 34.3 Å². The number of nitrogens with one attached hydrogen (secondary N) is 2. The van der Waals surface area contributed by atoms with Crippen LogP contribution in [0.25, 0.3) is 10.2 Å². The van der Waals surface area contributed by atoms with Crippen molar-refractivity contribution in [2.45, 2.75) is 31.8 Å². The predicted molar refractivity (Wildman–Crippen MR) is 117 cm³/mol. The fourth-order valence-corrected chi connectivity index (χ4v) is 4.82. The van der Waals surface area contributed by atoms with Gasteiger partial charge in [-0.1, -0.05) is 0 Å². The first kappa shape index (κ1) is 19.8. The minimum absolute atomic E-state index is 0.124. The van der Waals surface area contributed by atoms with Gasteiger partial charge in [-0.2, -0.15) is 0 Å². The first-order chi connectivity index (χ1) is 13.9. The Labute approximate surface area is 175 Å². The average molecular weight is 432 g/mol. The summed E-state index contributed by atoms with van der Waals surface area (Å²) in [4.78, 5) is 34.1. The van der Waals surface area contributed by atoms with Crippen molar-refractivity contribution in [3.8, 4) is 11.5 Å². The summed E-state index contributed by atoms with van der Waals surface area (Å²) >= 11 is 2.94. The first-order valence-electron chi connectivity index (χ1n) is 9.23. The molecular weight excluding hydrogens is 410 g/mol. The molecule has 1 aromatic carbocycles. The molecule has 7 nitrogen and oxygen atoms in total. The van der Waals surface area contributed by atoms with E-state index in [0.717, 1.165) is 15.3 Å². The maximum absolute atomic E-state index is 12.5. The number of hydrogen-bond acceptors (Lipinski definition) is 7. The molecule has 2 aromatic heterocycles. The monoisotopic (exact) mass is 431 g/mol. The molecule has 0 radical (unpaired) electrons. The molecule has 2 N–H and O–H groups in total. The molecule has 9 heteroatoms. The molecule has 3 aromatic rings. The van der Waals surface area contributed by atoms with Crippen LogP contribution >= 0.6 is 23.1 Å². The zero-order chi connectivity index (χ0) is 20.5. The number of aryl methyl sites for hydroxylation is 2. The molecule has 29 heavy (non-hydrogen) atoms. The topological polar surface area (TPSA) is 93.3 Å². The van der Waals surface area contributed by atoms with Gasteiger partial charge in [0.15, 0.2) is 11.5 Å². The molecule has 1 aliphatic heterocycles. The molecule has 1 atom stereocenters. The summed E-state index contributed by atoms with van der Waals surface area (Å²) in [7, 11) is 0. The number of aromatic nitrogens is 2. The average Bonchev–Trinajstić information content (AvgIpc) is 3.00. The zero-order valence-electron chi connectivity index (χ0n) is 16.3. The van der Waals surface area contributed by atoms with Gasteiger partial charge >= 0.3 is 0 Å². The van der Waals surface area contributed by atoms with E-state index in [-0.39, 0.29) is 16.7 Å². The highest BCUT2D eigenvalue weighted by atomic mass is 32.2. The molecule has 1 unspecified atom stereocenters. The van der Waals surface area contributed by atoms with Gasteiger partial charge in [-0.15, -0.1) is 23.1 Å². The number of benzene rings is 1. The van der Waals surface area contributed by atoms with E-state index < -0.39 is 0 Å². The van der Waals surface area contributed by atoms with Gasteiger partial charge in [-0.25, -0.2) is 4.98 Å². The number of amides is 1. The quantitative estimate of drug-likeness (QED) is 0.641. The SMILES string of the molecule is Cc1sc2nc(CSC(C)C(=O)Nc3ccc4c(c3)OCCO4)[nH]c(=O)c2c1C. The number of aromatic amines is 1. The fraction of sp³-hybridized carbons (Fsp3) is 0.350. The van der Waals surface area contributed by atoms with Crippen molar-refractivity contribution in [2.75, 3.05) is 18.5 Å². The number of thioether (sulfide) groups is 1. The van der Waals surface area contributed by atoms with Crippen LogP contribution in [0.3, 0.4) is 0 Å². The van der Waals surface area contributed by atoms with Crippen LogP contribution in [0, 0.1) is 13.8 Å². The molecule has 0 saturated carbocycles. The highest BCUT2D eigenvalue weighted by molar-refractivity contribution is 7.99. The van der Waals surface area contributed by atoms with Crippen molar-refractivity contribution in [2.24, 2.45) is 0 Å². The summed E-state index contributed by atoms with van der Waals surface area (Å²) in [5.74, 6) is 2.20. The minimum Gasteiger partial charge on any atom is -0.486 e.